The minimum absolute atomic E-state index is 0.134. The van der Waals surface area contributed by atoms with Crippen molar-refractivity contribution in [1.29, 1.82) is 0 Å². The minimum Gasteiger partial charge on any atom is -0.392 e. The van der Waals surface area contributed by atoms with Crippen molar-refractivity contribution in [3.63, 3.8) is 0 Å². The molecule has 0 saturated heterocycles. The molecular weight excluding hydrogens is 306 g/mol. The van der Waals surface area contributed by atoms with Crippen LogP contribution in [0.3, 0.4) is 0 Å². The lowest BCUT2D eigenvalue weighted by Crippen LogP contribution is -2.34. The molecule has 7 heteroatoms. The standard InChI is InChI=1S/C17H23N5O2/c23-10-8-19-4-6-21(14-19)12-16-2-1-3-17(18-16)13-22-7-5-20(15-22)9-11-24/h1-7,14-15,23-24H,8-13H2/q+2. The summed E-state index contributed by atoms with van der Waals surface area (Å²) in [5, 5.41) is 17.9. The Balaban J connectivity index is 1.66. The van der Waals surface area contributed by atoms with Crippen LogP contribution < -0.4 is 9.13 Å². The summed E-state index contributed by atoms with van der Waals surface area (Å²) in [4.78, 5) is 4.71. The number of imidazole rings is 2. The second-order valence-electron chi connectivity index (χ2n) is 5.72. The number of pyridine rings is 1. The van der Waals surface area contributed by atoms with E-state index in [-0.39, 0.29) is 13.2 Å². The predicted octanol–water partition coefficient (Wildman–Crippen LogP) is -0.659. The fraction of sp³-hybridized carbons (Fsp3) is 0.353. The van der Waals surface area contributed by atoms with Gasteiger partial charge < -0.3 is 10.2 Å². The lowest BCUT2D eigenvalue weighted by atomic mass is 10.3. The van der Waals surface area contributed by atoms with Crippen molar-refractivity contribution in [2.75, 3.05) is 13.2 Å². The van der Waals surface area contributed by atoms with Crippen molar-refractivity contribution in [3.05, 3.63) is 67.0 Å². The lowest BCUT2D eigenvalue weighted by molar-refractivity contribution is -0.689. The number of aliphatic hydroxyl groups is 2. The summed E-state index contributed by atoms with van der Waals surface area (Å²) < 4.78 is 7.99. The van der Waals surface area contributed by atoms with Gasteiger partial charge in [0, 0.05) is 0 Å². The third-order valence-corrected chi connectivity index (χ3v) is 3.76. The third kappa shape index (κ3) is 4.27. The second-order valence-corrected chi connectivity index (χ2v) is 5.72. The molecule has 126 valence electrons. The molecule has 0 radical (unpaired) electrons. The molecule has 3 aromatic rings. The summed E-state index contributed by atoms with van der Waals surface area (Å²) in [6, 6.07) is 6.05. The first-order valence-corrected chi connectivity index (χ1v) is 8.03. The van der Waals surface area contributed by atoms with E-state index in [1.54, 1.807) is 0 Å². The van der Waals surface area contributed by atoms with Crippen molar-refractivity contribution in [3.8, 4) is 0 Å². The van der Waals surface area contributed by atoms with Gasteiger partial charge in [0.15, 0.2) is 0 Å². The Morgan fingerprint density at radius 1 is 0.833 bits per heavy atom. The van der Waals surface area contributed by atoms with Crippen LogP contribution in [0.4, 0.5) is 0 Å². The molecule has 3 aromatic heterocycles. The van der Waals surface area contributed by atoms with Crippen LogP contribution in [0.5, 0.6) is 0 Å². The minimum atomic E-state index is 0.134. The molecule has 0 unspecified atom stereocenters. The van der Waals surface area contributed by atoms with Crippen molar-refractivity contribution >= 4 is 0 Å². The van der Waals surface area contributed by atoms with Gasteiger partial charge in [-0.25, -0.2) is 23.3 Å². The number of rotatable bonds is 8. The molecule has 0 amide bonds. The Kier molecular flexibility index (Phi) is 5.35. The first-order valence-electron chi connectivity index (χ1n) is 8.03. The van der Waals surface area contributed by atoms with Gasteiger partial charge in [-0.2, -0.15) is 0 Å². The molecule has 0 atom stereocenters. The normalized spacial score (nSPS) is 11.1. The fourth-order valence-corrected chi connectivity index (χ4v) is 2.64. The number of aliphatic hydroxyl groups excluding tert-OH is 2. The van der Waals surface area contributed by atoms with Gasteiger partial charge in [-0.15, -0.1) is 0 Å². The topological polar surface area (TPSA) is 71.0 Å². The molecule has 0 saturated carbocycles. The SMILES string of the molecule is OCCn1cc[n+](Cc2cccc(C[n+]3ccn(CCO)c3)n2)c1. The molecule has 3 rings (SSSR count). The van der Waals surface area contributed by atoms with Gasteiger partial charge in [-0.3, -0.25) is 0 Å². The highest BCUT2D eigenvalue weighted by Gasteiger charge is 2.08. The highest BCUT2D eigenvalue weighted by Crippen LogP contribution is 2.00. The average molecular weight is 329 g/mol. The van der Waals surface area contributed by atoms with Gasteiger partial charge in [0.05, 0.1) is 24.6 Å². The molecule has 7 nitrogen and oxygen atoms in total. The Morgan fingerprint density at radius 3 is 1.79 bits per heavy atom. The summed E-state index contributed by atoms with van der Waals surface area (Å²) in [5.41, 5.74) is 1.99. The van der Waals surface area contributed by atoms with Gasteiger partial charge in [0.25, 0.3) is 0 Å². The van der Waals surface area contributed by atoms with E-state index in [1.165, 1.54) is 0 Å². The van der Waals surface area contributed by atoms with Crippen LogP contribution in [0.15, 0.2) is 55.6 Å². The second kappa shape index (κ2) is 7.85. The van der Waals surface area contributed by atoms with E-state index in [0.29, 0.717) is 26.2 Å². The first kappa shape index (κ1) is 16.4. The van der Waals surface area contributed by atoms with E-state index < -0.39 is 0 Å². The molecule has 24 heavy (non-hydrogen) atoms. The lowest BCUT2D eigenvalue weighted by Gasteiger charge is -2.01. The van der Waals surface area contributed by atoms with Crippen LogP contribution in [0, 0.1) is 0 Å². The molecular formula is C17H23N5O2+2. The van der Waals surface area contributed by atoms with Gasteiger partial charge in [0.2, 0.25) is 12.7 Å². The highest BCUT2D eigenvalue weighted by molar-refractivity contribution is 5.09. The van der Waals surface area contributed by atoms with Crippen molar-refractivity contribution < 1.29 is 19.3 Å². The summed E-state index contributed by atoms with van der Waals surface area (Å²) >= 11 is 0. The zero-order valence-electron chi connectivity index (χ0n) is 13.6. The molecule has 0 aliphatic carbocycles. The Labute approximate surface area is 140 Å². The molecule has 3 heterocycles. The Morgan fingerprint density at radius 2 is 1.33 bits per heavy atom. The van der Waals surface area contributed by atoms with E-state index >= 15 is 0 Å². The van der Waals surface area contributed by atoms with Crippen molar-refractivity contribution in [2.24, 2.45) is 0 Å². The number of hydrogen-bond acceptors (Lipinski definition) is 3. The van der Waals surface area contributed by atoms with Crippen LogP contribution in [-0.2, 0) is 26.2 Å². The van der Waals surface area contributed by atoms with Crippen molar-refractivity contribution in [2.45, 2.75) is 26.2 Å². The van der Waals surface area contributed by atoms with Gasteiger partial charge in [-0.05, 0) is 12.1 Å². The van der Waals surface area contributed by atoms with Crippen molar-refractivity contribution in [1.82, 2.24) is 14.1 Å². The largest absolute Gasteiger partial charge is 0.392 e. The zero-order valence-corrected chi connectivity index (χ0v) is 13.6. The summed E-state index contributed by atoms with van der Waals surface area (Å²) in [7, 11) is 0. The maximum absolute atomic E-state index is 8.97. The highest BCUT2D eigenvalue weighted by atomic mass is 16.3. The predicted molar refractivity (Wildman–Crippen MR) is 85.9 cm³/mol. The smallest absolute Gasteiger partial charge is 0.244 e. The van der Waals surface area contributed by atoms with Crippen LogP contribution in [0.2, 0.25) is 0 Å². The van der Waals surface area contributed by atoms with E-state index in [1.807, 2.05) is 73.9 Å². The van der Waals surface area contributed by atoms with Crippen LogP contribution in [0.1, 0.15) is 11.4 Å². The summed E-state index contributed by atoms with van der Waals surface area (Å²) in [6.07, 6.45) is 11.8. The molecule has 0 bridgehead atoms. The van der Waals surface area contributed by atoms with Gasteiger partial charge in [-0.1, -0.05) is 6.07 Å². The molecule has 0 aliphatic rings. The van der Waals surface area contributed by atoms with Crippen LogP contribution >= 0.6 is 0 Å². The van der Waals surface area contributed by atoms with Crippen LogP contribution in [-0.4, -0.2) is 37.5 Å². The maximum Gasteiger partial charge on any atom is 0.244 e. The number of nitrogens with zero attached hydrogens (tertiary/aromatic N) is 5. The number of aromatic nitrogens is 5. The molecule has 2 N–H and O–H groups in total. The molecule has 0 aromatic carbocycles. The summed E-state index contributed by atoms with van der Waals surface area (Å²) in [6.45, 7) is 2.86. The van der Waals surface area contributed by atoms with Gasteiger partial charge in [0.1, 0.15) is 51.0 Å². The quantitative estimate of drug-likeness (QED) is 0.539. The van der Waals surface area contributed by atoms with E-state index in [2.05, 4.69) is 0 Å². The van der Waals surface area contributed by atoms with E-state index in [4.69, 9.17) is 15.2 Å². The first-order chi connectivity index (χ1) is 11.8. The maximum atomic E-state index is 8.97. The van der Waals surface area contributed by atoms with Crippen LogP contribution in [0.25, 0.3) is 0 Å². The average Bonchev–Trinajstić information content (AvgIpc) is 3.18. The Hall–Kier alpha value is -2.51. The van der Waals surface area contributed by atoms with E-state index in [0.717, 1.165) is 11.4 Å². The van der Waals surface area contributed by atoms with Gasteiger partial charge >= 0.3 is 0 Å². The molecule has 0 spiro atoms. The monoisotopic (exact) mass is 329 g/mol. The number of hydrogen-bond donors (Lipinski definition) is 2. The third-order valence-electron chi connectivity index (χ3n) is 3.76. The molecule has 0 aliphatic heterocycles. The zero-order chi connectivity index (χ0) is 16.8. The fourth-order valence-electron chi connectivity index (χ4n) is 2.64. The summed E-state index contributed by atoms with van der Waals surface area (Å²) in [5.74, 6) is 0. The molecule has 0 fully saturated rings. The Bertz CT molecular complexity index is 719. The van der Waals surface area contributed by atoms with E-state index in [9.17, 15) is 0 Å².